The van der Waals surface area contributed by atoms with Crippen molar-refractivity contribution < 1.29 is 0 Å². The zero-order chi connectivity index (χ0) is 12.5. The van der Waals surface area contributed by atoms with E-state index in [1.165, 1.54) is 4.88 Å². The highest BCUT2D eigenvalue weighted by Crippen LogP contribution is 2.34. The SMILES string of the molecule is Brc1cccc(-c2nc(-c3ccc(Br)s3)cs2)c1. The molecular formula is C13H7Br2NS2. The minimum absolute atomic E-state index is 1.05. The lowest BCUT2D eigenvalue weighted by atomic mass is 10.2. The molecule has 0 N–H and O–H groups in total. The summed E-state index contributed by atoms with van der Waals surface area (Å²) in [5, 5.41) is 3.16. The molecule has 0 saturated heterocycles. The fourth-order valence-corrected chi connectivity index (χ4v) is 4.23. The summed E-state index contributed by atoms with van der Waals surface area (Å²) in [6, 6.07) is 12.4. The maximum Gasteiger partial charge on any atom is 0.124 e. The molecule has 0 aliphatic heterocycles. The lowest BCUT2D eigenvalue weighted by Gasteiger charge is -1.96. The van der Waals surface area contributed by atoms with Gasteiger partial charge < -0.3 is 0 Å². The van der Waals surface area contributed by atoms with Crippen LogP contribution in [0.4, 0.5) is 0 Å². The lowest BCUT2D eigenvalue weighted by molar-refractivity contribution is 1.42. The number of hydrogen-bond acceptors (Lipinski definition) is 3. The number of thiazole rings is 1. The van der Waals surface area contributed by atoms with Crippen molar-refractivity contribution in [1.82, 2.24) is 4.98 Å². The van der Waals surface area contributed by atoms with E-state index in [1.54, 1.807) is 22.7 Å². The molecule has 0 amide bonds. The number of halogens is 2. The molecule has 18 heavy (non-hydrogen) atoms. The highest BCUT2D eigenvalue weighted by Gasteiger charge is 2.08. The van der Waals surface area contributed by atoms with E-state index < -0.39 is 0 Å². The Morgan fingerprint density at radius 1 is 1.06 bits per heavy atom. The lowest BCUT2D eigenvalue weighted by Crippen LogP contribution is -1.77. The van der Waals surface area contributed by atoms with Gasteiger partial charge in [0.25, 0.3) is 0 Å². The topological polar surface area (TPSA) is 12.9 Å². The third kappa shape index (κ3) is 2.59. The van der Waals surface area contributed by atoms with E-state index in [9.17, 15) is 0 Å². The van der Waals surface area contributed by atoms with E-state index in [0.29, 0.717) is 0 Å². The maximum absolute atomic E-state index is 4.69. The van der Waals surface area contributed by atoms with Crippen molar-refractivity contribution in [2.75, 3.05) is 0 Å². The summed E-state index contributed by atoms with van der Waals surface area (Å²) in [6.45, 7) is 0. The van der Waals surface area contributed by atoms with Crippen molar-refractivity contribution in [3.8, 4) is 21.1 Å². The van der Waals surface area contributed by atoms with Gasteiger partial charge in [0.05, 0.1) is 14.4 Å². The van der Waals surface area contributed by atoms with Gasteiger partial charge in [0.1, 0.15) is 5.01 Å². The number of thiophene rings is 1. The molecular weight excluding hydrogens is 394 g/mol. The maximum atomic E-state index is 4.69. The molecule has 0 unspecified atom stereocenters. The summed E-state index contributed by atoms with van der Waals surface area (Å²) < 4.78 is 2.21. The largest absolute Gasteiger partial charge is 0.235 e. The van der Waals surface area contributed by atoms with Crippen molar-refractivity contribution in [2.24, 2.45) is 0 Å². The van der Waals surface area contributed by atoms with Crippen LogP contribution in [-0.2, 0) is 0 Å². The third-order valence-corrected chi connectivity index (χ3v) is 5.43. The van der Waals surface area contributed by atoms with Crippen molar-refractivity contribution in [3.63, 3.8) is 0 Å². The van der Waals surface area contributed by atoms with Crippen molar-refractivity contribution in [3.05, 3.63) is 50.0 Å². The van der Waals surface area contributed by atoms with Gasteiger partial charge in [0, 0.05) is 15.4 Å². The summed E-state index contributed by atoms with van der Waals surface area (Å²) >= 11 is 10.3. The Labute approximate surface area is 130 Å². The predicted molar refractivity (Wildman–Crippen MR) is 86.3 cm³/mol. The number of benzene rings is 1. The number of rotatable bonds is 2. The first kappa shape index (κ1) is 12.5. The van der Waals surface area contributed by atoms with E-state index in [1.807, 2.05) is 12.1 Å². The van der Waals surface area contributed by atoms with Gasteiger partial charge >= 0.3 is 0 Å². The molecule has 0 aliphatic carbocycles. The van der Waals surface area contributed by atoms with Gasteiger partial charge in [-0.25, -0.2) is 4.98 Å². The Bertz CT molecular complexity index is 688. The Morgan fingerprint density at radius 2 is 1.94 bits per heavy atom. The molecule has 0 radical (unpaired) electrons. The molecule has 3 rings (SSSR count). The Morgan fingerprint density at radius 3 is 2.67 bits per heavy atom. The molecule has 1 aromatic carbocycles. The van der Waals surface area contributed by atoms with Crippen LogP contribution in [0.2, 0.25) is 0 Å². The highest BCUT2D eigenvalue weighted by molar-refractivity contribution is 9.11. The minimum Gasteiger partial charge on any atom is -0.235 e. The van der Waals surface area contributed by atoms with Crippen LogP contribution >= 0.6 is 54.5 Å². The number of aromatic nitrogens is 1. The normalized spacial score (nSPS) is 10.8. The van der Waals surface area contributed by atoms with E-state index in [2.05, 4.69) is 61.5 Å². The average Bonchev–Trinajstić information content (AvgIpc) is 2.97. The summed E-state index contributed by atoms with van der Waals surface area (Å²) in [7, 11) is 0. The second-order valence-corrected chi connectivity index (χ2v) is 7.89. The molecule has 0 aliphatic rings. The van der Waals surface area contributed by atoms with Gasteiger partial charge in [-0.1, -0.05) is 28.1 Å². The Kier molecular flexibility index (Phi) is 3.66. The first-order chi connectivity index (χ1) is 8.72. The van der Waals surface area contributed by atoms with Gasteiger partial charge in [-0.2, -0.15) is 0 Å². The van der Waals surface area contributed by atoms with Gasteiger partial charge in [0.2, 0.25) is 0 Å². The van der Waals surface area contributed by atoms with Crippen LogP contribution in [0.5, 0.6) is 0 Å². The van der Waals surface area contributed by atoms with Gasteiger partial charge in [-0.3, -0.25) is 0 Å². The number of hydrogen-bond donors (Lipinski definition) is 0. The summed E-state index contributed by atoms with van der Waals surface area (Å²) in [5.74, 6) is 0. The van der Waals surface area contributed by atoms with E-state index in [4.69, 9.17) is 4.98 Å². The van der Waals surface area contributed by atoms with Gasteiger partial charge in [0.15, 0.2) is 0 Å². The van der Waals surface area contributed by atoms with Crippen molar-refractivity contribution in [1.29, 1.82) is 0 Å². The first-order valence-corrected chi connectivity index (χ1v) is 8.48. The molecule has 90 valence electrons. The van der Waals surface area contributed by atoms with Crippen molar-refractivity contribution in [2.45, 2.75) is 0 Å². The quantitative estimate of drug-likeness (QED) is 0.509. The van der Waals surface area contributed by atoms with Crippen LogP contribution in [0.3, 0.4) is 0 Å². The molecule has 0 bridgehead atoms. The van der Waals surface area contributed by atoms with Crippen LogP contribution in [0.25, 0.3) is 21.1 Å². The second-order valence-electron chi connectivity index (χ2n) is 3.65. The summed E-state index contributed by atoms with van der Waals surface area (Å²) in [5.41, 5.74) is 2.20. The molecule has 0 saturated carbocycles. The Balaban J connectivity index is 1.99. The highest BCUT2D eigenvalue weighted by atomic mass is 79.9. The van der Waals surface area contributed by atoms with Gasteiger partial charge in [-0.05, 0) is 40.2 Å². The van der Waals surface area contributed by atoms with E-state index in [-0.39, 0.29) is 0 Å². The predicted octanol–water partition coefficient (Wildman–Crippen LogP) is 6.06. The third-order valence-electron chi connectivity index (χ3n) is 2.40. The fraction of sp³-hybridized carbons (Fsp3) is 0. The van der Waals surface area contributed by atoms with Crippen LogP contribution in [-0.4, -0.2) is 4.98 Å². The monoisotopic (exact) mass is 399 g/mol. The zero-order valence-electron chi connectivity index (χ0n) is 9.06. The molecule has 2 heterocycles. The van der Waals surface area contributed by atoms with Crippen molar-refractivity contribution >= 4 is 54.5 Å². The zero-order valence-corrected chi connectivity index (χ0v) is 13.9. The van der Waals surface area contributed by atoms with Crippen LogP contribution in [0.15, 0.2) is 50.0 Å². The van der Waals surface area contributed by atoms with Gasteiger partial charge in [-0.15, -0.1) is 22.7 Å². The van der Waals surface area contributed by atoms with E-state index >= 15 is 0 Å². The smallest absolute Gasteiger partial charge is 0.124 e. The molecule has 0 spiro atoms. The minimum atomic E-state index is 1.05. The Hall–Kier alpha value is -0.490. The molecule has 2 aromatic heterocycles. The molecule has 5 heteroatoms. The van der Waals surface area contributed by atoms with Crippen LogP contribution < -0.4 is 0 Å². The second kappa shape index (κ2) is 5.25. The fourth-order valence-electron chi connectivity index (χ4n) is 1.59. The molecule has 0 fully saturated rings. The summed E-state index contributed by atoms with van der Waals surface area (Å²) in [6.07, 6.45) is 0. The van der Waals surface area contributed by atoms with E-state index in [0.717, 1.165) is 24.5 Å². The van der Waals surface area contributed by atoms with Crippen LogP contribution in [0, 0.1) is 0 Å². The first-order valence-electron chi connectivity index (χ1n) is 5.19. The number of nitrogens with zero attached hydrogens (tertiary/aromatic N) is 1. The molecule has 0 atom stereocenters. The van der Waals surface area contributed by atoms with Crippen LogP contribution in [0.1, 0.15) is 0 Å². The molecule has 3 aromatic rings. The summed E-state index contributed by atoms with van der Waals surface area (Å²) in [4.78, 5) is 5.89. The standard InChI is InChI=1S/C13H7Br2NS2/c14-9-3-1-2-8(6-9)13-16-10(7-17-13)11-4-5-12(15)18-11/h1-7H. The average molecular weight is 401 g/mol. The molecule has 1 nitrogen and oxygen atoms in total.